The number of nitrogens with zero attached hydrogens (tertiary/aromatic N) is 10. The van der Waals surface area contributed by atoms with Crippen LogP contribution in [0.4, 0.5) is 40.1 Å². The molecule has 6 aromatic rings. The summed E-state index contributed by atoms with van der Waals surface area (Å²) in [6.07, 6.45) is 9.77. The molecule has 18 nitrogen and oxygen atoms in total. The standard InChI is InChI=1S/C58H64N12O6/c1-8-51(72)62-46-26-37(61-52-57(76)64(7)32-47(63-52)41-14-18-60-53(44(41)33-71)69-24-23-68-49(56(69)75)25-36-29-58(5,6)30-50(36)68)9-12-48(46)67-22-21-66(31-35(67)4)38-15-19-65(20-16-38)39-10-11-42-43(27-39)55(74)70(54(42)73)40-13-17-59-45(28-40)34(2)3/h8-14,17-18,25-28,32,34-35,38,71H,1,15-16,19-24,29-31,33H2,2-7H3,(H,61,63)(H,62,72). The number of aliphatic hydroxyl groups excluding tert-OH is 1. The molecule has 2 fully saturated rings. The molecule has 0 spiro atoms. The second-order valence-corrected chi connectivity index (χ2v) is 21.9. The quantitative estimate of drug-likeness (QED) is 0.0818. The van der Waals surface area contributed by atoms with Crippen LogP contribution in [0.3, 0.4) is 0 Å². The Hall–Kier alpha value is -7.96. The fourth-order valence-electron chi connectivity index (χ4n) is 12.0. The van der Waals surface area contributed by atoms with Crippen molar-refractivity contribution < 1.29 is 24.3 Å². The molecule has 3 N–H and O–H groups in total. The number of aliphatic hydroxyl groups is 1. The third kappa shape index (κ3) is 9.01. The fraction of sp³-hybridized carbons (Fsp3) is 0.379. The van der Waals surface area contributed by atoms with Gasteiger partial charge in [0.05, 0.1) is 40.5 Å². The largest absolute Gasteiger partial charge is 0.392 e. The minimum atomic E-state index is -0.418. The number of carbonyl (C=O) groups excluding carboxylic acids is 4. The highest BCUT2D eigenvalue weighted by atomic mass is 16.3. The van der Waals surface area contributed by atoms with Crippen molar-refractivity contribution >= 4 is 63.7 Å². The van der Waals surface area contributed by atoms with Crippen molar-refractivity contribution in [3.63, 3.8) is 0 Å². The highest BCUT2D eigenvalue weighted by Gasteiger charge is 2.40. The molecule has 4 amide bonds. The fourth-order valence-corrected chi connectivity index (χ4v) is 12.0. The van der Waals surface area contributed by atoms with Gasteiger partial charge in [-0.2, -0.15) is 0 Å². The average molecular weight is 1030 g/mol. The monoisotopic (exact) mass is 1020 g/mol. The number of nitrogens with one attached hydrogen (secondary N) is 2. The molecule has 0 saturated carbocycles. The number of amides is 4. The Kier molecular flexibility index (Phi) is 13.0. The third-order valence-corrected chi connectivity index (χ3v) is 15.9. The van der Waals surface area contributed by atoms with Crippen LogP contribution in [0.5, 0.6) is 0 Å². The van der Waals surface area contributed by atoms with Gasteiger partial charge in [0.15, 0.2) is 5.82 Å². The Balaban J connectivity index is 0.767. The first kappa shape index (κ1) is 50.2. The number of anilines is 7. The van der Waals surface area contributed by atoms with Gasteiger partial charge in [-0.15, -0.1) is 0 Å². The predicted octanol–water partition coefficient (Wildman–Crippen LogP) is 7.29. The Morgan fingerprint density at radius 2 is 1.63 bits per heavy atom. The van der Waals surface area contributed by atoms with Crippen LogP contribution in [0.2, 0.25) is 0 Å². The number of carbonyl (C=O) groups is 4. The normalized spacial score (nSPS) is 18.6. The smallest absolute Gasteiger partial charge is 0.293 e. The van der Waals surface area contributed by atoms with Crippen LogP contribution >= 0.6 is 0 Å². The summed E-state index contributed by atoms with van der Waals surface area (Å²) in [4.78, 5) is 91.8. The van der Waals surface area contributed by atoms with Gasteiger partial charge >= 0.3 is 0 Å². The lowest BCUT2D eigenvalue weighted by atomic mass is 9.90. The second kappa shape index (κ2) is 19.6. The number of rotatable bonds is 12. The Labute approximate surface area is 441 Å². The number of hydrogen-bond donors (Lipinski definition) is 3. The Morgan fingerprint density at radius 1 is 0.855 bits per heavy atom. The number of pyridine rings is 2. The summed E-state index contributed by atoms with van der Waals surface area (Å²) in [6.45, 7) is 18.9. The molecular weight excluding hydrogens is 961 g/mol. The van der Waals surface area contributed by atoms with Gasteiger partial charge in [0.1, 0.15) is 11.5 Å². The molecule has 1 unspecified atom stereocenters. The summed E-state index contributed by atoms with van der Waals surface area (Å²) in [5, 5.41) is 17.1. The van der Waals surface area contributed by atoms with Crippen molar-refractivity contribution in [2.45, 2.75) is 91.5 Å². The van der Waals surface area contributed by atoms with Crippen molar-refractivity contribution in [3.05, 3.63) is 142 Å². The van der Waals surface area contributed by atoms with Crippen molar-refractivity contribution in [3.8, 4) is 11.3 Å². The summed E-state index contributed by atoms with van der Waals surface area (Å²) in [6, 6.07) is 18.9. The van der Waals surface area contributed by atoms with Crippen LogP contribution in [0.1, 0.15) is 107 Å². The van der Waals surface area contributed by atoms with Crippen LogP contribution in [0, 0.1) is 5.41 Å². The summed E-state index contributed by atoms with van der Waals surface area (Å²) < 4.78 is 3.56. The molecule has 1 aliphatic carbocycles. The van der Waals surface area contributed by atoms with E-state index in [1.54, 1.807) is 54.8 Å². The number of imide groups is 1. The Morgan fingerprint density at radius 3 is 2.38 bits per heavy atom. The summed E-state index contributed by atoms with van der Waals surface area (Å²) in [5.74, 6) is -0.656. The van der Waals surface area contributed by atoms with Gasteiger partial charge in [-0.25, -0.2) is 14.9 Å². The van der Waals surface area contributed by atoms with Crippen LogP contribution in [-0.4, -0.2) is 109 Å². The first-order valence-corrected chi connectivity index (χ1v) is 26.3. The number of aryl methyl sites for hydroxylation is 1. The van der Waals surface area contributed by atoms with E-state index in [-0.39, 0.29) is 46.8 Å². The van der Waals surface area contributed by atoms with Crippen LogP contribution in [0.15, 0.2) is 96.7 Å². The molecule has 0 radical (unpaired) electrons. The lowest BCUT2D eigenvalue weighted by Gasteiger charge is -2.47. The number of hydrogen-bond acceptors (Lipinski definition) is 13. The molecule has 8 heterocycles. The number of benzene rings is 2. The second-order valence-electron chi connectivity index (χ2n) is 21.9. The molecule has 0 bridgehead atoms. The molecule has 4 aromatic heterocycles. The number of aromatic nitrogens is 5. The third-order valence-electron chi connectivity index (χ3n) is 15.9. The molecule has 18 heteroatoms. The van der Waals surface area contributed by atoms with E-state index in [0.717, 1.165) is 68.9 Å². The maximum atomic E-state index is 14.1. The van der Waals surface area contributed by atoms with Crippen molar-refractivity contribution in [2.24, 2.45) is 12.5 Å². The van der Waals surface area contributed by atoms with Gasteiger partial charge in [0, 0.05) is 117 Å². The van der Waals surface area contributed by atoms with Crippen LogP contribution in [-0.2, 0) is 37.8 Å². The molecule has 5 aliphatic rings. The Bertz CT molecular complexity index is 3430. The topological polar surface area (TPSA) is 194 Å². The van der Waals surface area contributed by atoms with Crippen LogP contribution in [0.25, 0.3) is 11.3 Å². The van der Waals surface area contributed by atoms with E-state index in [2.05, 4.69) is 67.2 Å². The number of fused-ring (bicyclic) bond motifs is 4. The van der Waals surface area contributed by atoms with Crippen molar-refractivity contribution in [1.82, 2.24) is 29.0 Å². The zero-order valence-corrected chi connectivity index (χ0v) is 44.0. The number of piperazine rings is 1. The maximum absolute atomic E-state index is 14.1. The zero-order chi connectivity index (χ0) is 53.3. The van der Waals surface area contributed by atoms with Gasteiger partial charge < -0.3 is 34.7 Å². The minimum Gasteiger partial charge on any atom is -0.392 e. The minimum absolute atomic E-state index is 0.0287. The molecule has 4 aliphatic heterocycles. The summed E-state index contributed by atoms with van der Waals surface area (Å²) in [5.41, 5.74) is 9.17. The van der Waals surface area contributed by atoms with E-state index in [1.807, 2.05) is 50.2 Å². The van der Waals surface area contributed by atoms with Gasteiger partial charge in [-0.1, -0.05) is 34.3 Å². The van der Waals surface area contributed by atoms with E-state index in [4.69, 9.17) is 4.98 Å². The zero-order valence-electron chi connectivity index (χ0n) is 44.0. The van der Waals surface area contributed by atoms with E-state index < -0.39 is 12.2 Å². The van der Waals surface area contributed by atoms with E-state index in [1.165, 1.54) is 26.8 Å². The molecule has 11 rings (SSSR count). The lowest BCUT2D eigenvalue weighted by molar-refractivity contribution is -0.111. The molecule has 392 valence electrons. The maximum Gasteiger partial charge on any atom is 0.293 e. The molecular formula is C58H64N12O6. The van der Waals surface area contributed by atoms with E-state index in [0.29, 0.717) is 82.2 Å². The summed E-state index contributed by atoms with van der Waals surface area (Å²) >= 11 is 0. The molecule has 2 saturated heterocycles. The van der Waals surface area contributed by atoms with Gasteiger partial charge in [0.25, 0.3) is 23.3 Å². The van der Waals surface area contributed by atoms with Gasteiger partial charge in [-0.3, -0.25) is 38.8 Å². The molecule has 76 heavy (non-hydrogen) atoms. The molecule has 1 atom stereocenters. The highest BCUT2D eigenvalue weighted by Crippen LogP contribution is 2.41. The van der Waals surface area contributed by atoms with Crippen molar-refractivity contribution in [2.75, 3.05) is 69.5 Å². The molecule has 2 aromatic carbocycles. The van der Waals surface area contributed by atoms with E-state index in [9.17, 15) is 29.1 Å². The predicted molar refractivity (Wildman–Crippen MR) is 294 cm³/mol. The SMILES string of the molecule is C=CC(=O)Nc1cc(Nc2nc(-c3ccnc(N4CCn5c(cc6c5CC(C)(C)C6)C4=O)c3CO)cn(C)c2=O)ccc1N1CCN(C2CCN(c3ccc4c(c3)C(=O)N(c3ccnc(C(C)C)c3)C4=O)CC2)CC1C. The average Bonchev–Trinajstić information content (AvgIpc) is 4.02. The van der Waals surface area contributed by atoms with E-state index >= 15 is 0 Å². The lowest BCUT2D eigenvalue weighted by Crippen LogP contribution is -2.57. The van der Waals surface area contributed by atoms with Gasteiger partial charge in [-0.05, 0) is 116 Å². The number of piperidine rings is 1. The highest BCUT2D eigenvalue weighted by molar-refractivity contribution is 6.34. The first-order chi connectivity index (χ1) is 36.5. The first-order valence-electron chi connectivity index (χ1n) is 26.3. The van der Waals surface area contributed by atoms with Crippen molar-refractivity contribution in [1.29, 1.82) is 0 Å². The van der Waals surface area contributed by atoms with Crippen LogP contribution < -0.4 is 35.8 Å². The van der Waals surface area contributed by atoms with Gasteiger partial charge in [0.2, 0.25) is 5.91 Å². The summed E-state index contributed by atoms with van der Waals surface area (Å²) in [7, 11) is 1.63.